The molecule has 0 aliphatic heterocycles. The van der Waals surface area contributed by atoms with Crippen molar-refractivity contribution in [1.82, 2.24) is 4.98 Å². The highest BCUT2D eigenvalue weighted by molar-refractivity contribution is 7.90. The lowest BCUT2D eigenvalue weighted by Gasteiger charge is -2.18. The van der Waals surface area contributed by atoms with Crippen LogP contribution < -0.4 is 5.32 Å². The normalized spacial score (nSPS) is 31.6. The smallest absolute Gasteiger partial charge is 0.310 e. The maximum Gasteiger partial charge on any atom is 0.310 e. The number of fused-ring (bicyclic) bond motifs is 1. The van der Waals surface area contributed by atoms with Crippen molar-refractivity contribution in [3.8, 4) is 0 Å². The Balaban J connectivity index is 1.80. The van der Waals surface area contributed by atoms with Gasteiger partial charge >= 0.3 is 5.97 Å². The van der Waals surface area contributed by atoms with Gasteiger partial charge in [0, 0.05) is 18.5 Å². The minimum absolute atomic E-state index is 0.0275. The van der Waals surface area contributed by atoms with E-state index in [1.54, 1.807) is 6.07 Å². The van der Waals surface area contributed by atoms with Gasteiger partial charge in [-0.2, -0.15) is 0 Å². The summed E-state index contributed by atoms with van der Waals surface area (Å²) < 4.78 is 23.4. The molecule has 3 rings (SSSR count). The van der Waals surface area contributed by atoms with Gasteiger partial charge in [0.25, 0.3) is 0 Å². The average Bonchev–Trinajstić information content (AvgIpc) is 2.93. The van der Waals surface area contributed by atoms with E-state index in [1.165, 1.54) is 12.3 Å². The summed E-state index contributed by atoms with van der Waals surface area (Å²) in [5, 5.41) is 12.3. The number of sulfone groups is 1. The molecule has 1 aromatic rings. The van der Waals surface area contributed by atoms with Gasteiger partial charge in [0.1, 0.15) is 10.7 Å². The maximum atomic E-state index is 11.7. The molecule has 6 nitrogen and oxygen atoms in total. The lowest BCUT2D eigenvalue weighted by atomic mass is 10.0. The molecule has 0 unspecified atom stereocenters. The van der Waals surface area contributed by atoms with Crippen molar-refractivity contribution < 1.29 is 18.3 Å². The van der Waals surface area contributed by atoms with Crippen molar-refractivity contribution in [3.05, 3.63) is 18.3 Å². The number of pyridine rings is 1. The van der Waals surface area contributed by atoms with Crippen LogP contribution in [0.15, 0.2) is 23.2 Å². The van der Waals surface area contributed by atoms with E-state index in [-0.39, 0.29) is 16.9 Å². The van der Waals surface area contributed by atoms with Crippen LogP contribution in [-0.4, -0.2) is 36.8 Å². The largest absolute Gasteiger partial charge is 0.481 e. The number of anilines is 1. The second-order valence-corrected chi connectivity index (χ2v) is 7.75. The van der Waals surface area contributed by atoms with Gasteiger partial charge in [-0.1, -0.05) is 0 Å². The zero-order valence-corrected chi connectivity index (χ0v) is 11.9. The molecule has 2 aliphatic carbocycles. The molecule has 0 radical (unpaired) electrons. The monoisotopic (exact) mass is 296 g/mol. The van der Waals surface area contributed by atoms with Crippen molar-refractivity contribution in [2.75, 3.05) is 11.6 Å². The molecule has 1 aromatic heterocycles. The molecule has 3 atom stereocenters. The van der Waals surface area contributed by atoms with E-state index in [1.807, 2.05) is 0 Å². The van der Waals surface area contributed by atoms with Crippen LogP contribution in [-0.2, 0) is 14.6 Å². The van der Waals surface area contributed by atoms with Crippen LogP contribution in [0.3, 0.4) is 0 Å². The summed E-state index contributed by atoms with van der Waals surface area (Å²) >= 11 is 0. The first kappa shape index (κ1) is 13.4. The average molecular weight is 296 g/mol. The molecule has 7 heteroatoms. The zero-order valence-electron chi connectivity index (χ0n) is 11.0. The van der Waals surface area contributed by atoms with Gasteiger partial charge in [0.2, 0.25) is 0 Å². The Morgan fingerprint density at radius 2 is 2.25 bits per heavy atom. The van der Waals surface area contributed by atoms with Crippen molar-refractivity contribution in [2.24, 2.45) is 11.3 Å². The molecule has 0 amide bonds. The molecular formula is C13H16N2O4S. The fourth-order valence-electron chi connectivity index (χ4n) is 3.26. The molecule has 0 saturated heterocycles. The van der Waals surface area contributed by atoms with Crippen molar-refractivity contribution >= 4 is 21.6 Å². The first-order chi connectivity index (χ1) is 9.33. The number of rotatable bonds is 4. The Labute approximate surface area is 117 Å². The van der Waals surface area contributed by atoms with Crippen LogP contribution >= 0.6 is 0 Å². The number of nitrogens with one attached hydrogen (secondary N) is 1. The number of aliphatic carboxylic acids is 1. The highest BCUT2D eigenvalue weighted by atomic mass is 32.2. The van der Waals surface area contributed by atoms with E-state index >= 15 is 0 Å². The fourth-order valence-corrected chi connectivity index (χ4v) is 4.05. The minimum Gasteiger partial charge on any atom is -0.481 e. The second-order valence-electron chi connectivity index (χ2n) is 5.77. The summed E-state index contributed by atoms with van der Waals surface area (Å²) in [7, 11) is -3.35. The molecular weight excluding hydrogens is 280 g/mol. The van der Waals surface area contributed by atoms with Gasteiger partial charge in [0.05, 0.1) is 5.41 Å². The molecule has 2 saturated carbocycles. The highest BCUT2D eigenvalue weighted by Crippen LogP contribution is 2.63. The van der Waals surface area contributed by atoms with Crippen molar-refractivity contribution in [1.29, 1.82) is 0 Å². The SMILES string of the molecule is CS(=O)(=O)c1cccnc1N[C@@H]1C[C@H]2C[C@@]2(C(=O)O)C1. The van der Waals surface area contributed by atoms with Crippen LogP contribution in [0.1, 0.15) is 19.3 Å². The Hall–Kier alpha value is -1.63. The first-order valence-corrected chi connectivity index (χ1v) is 8.37. The van der Waals surface area contributed by atoms with Gasteiger partial charge in [0.15, 0.2) is 9.84 Å². The molecule has 2 aliphatic rings. The predicted octanol–water partition coefficient (Wildman–Crippen LogP) is 1.15. The van der Waals surface area contributed by atoms with E-state index in [4.69, 9.17) is 0 Å². The molecule has 0 bridgehead atoms. The van der Waals surface area contributed by atoms with Gasteiger partial charge in [-0.05, 0) is 37.3 Å². The number of hydrogen-bond acceptors (Lipinski definition) is 5. The van der Waals surface area contributed by atoms with E-state index in [9.17, 15) is 18.3 Å². The van der Waals surface area contributed by atoms with Crippen LogP contribution in [0.5, 0.6) is 0 Å². The third-order valence-corrected chi connectivity index (χ3v) is 5.48. The van der Waals surface area contributed by atoms with Gasteiger partial charge in [-0.3, -0.25) is 4.79 Å². The third-order valence-electron chi connectivity index (χ3n) is 4.35. The summed E-state index contributed by atoms with van der Waals surface area (Å²) in [6, 6.07) is 3.06. The molecule has 20 heavy (non-hydrogen) atoms. The third kappa shape index (κ3) is 2.06. The first-order valence-electron chi connectivity index (χ1n) is 6.48. The Bertz CT molecular complexity index is 673. The van der Waals surface area contributed by atoms with Gasteiger partial charge in [-0.25, -0.2) is 13.4 Å². The van der Waals surface area contributed by atoms with Crippen LogP contribution in [0.2, 0.25) is 0 Å². The Morgan fingerprint density at radius 1 is 1.50 bits per heavy atom. The second kappa shape index (κ2) is 4.18. The Kier molecular flexibility index (Phi) is 2.79. The van der Waals surface area contributed by atoms with Crippen molar-refractivity contribution in [2.45, 2.75) is 30.2 Å². The predicted molar refractivity (Wildman–Crippen MR) is 72.2 cm³/mol. The zero-order chi connectivity index (χ0) is 14.5. The standard InChI is InChI=1S/C13H16N2O4S/c1-20(18,19)10-3-2-4-14-11(10)15-9-5-8-6-13(8,7-9)12(16)17/h2-4,8-9H,5-7H2,1H3,(H,14,15)(H,16,17)/t8-,9+,13+/m0/s1. The minimum atomic E-state index is -3.35. The van der Waals surface area contributed by atoms with Gasteiger partial charge < -0.3 is 10.4 Å². The van der Waals surface area contributed by atoms with Crippen molar-refractivity contribution in [3.63, 3.8) is 0 Å². The number of carboxylic acids is 1. The molecule has 1 heterocycles. The number of carbonyl (C=O) groups is 1. The van der Waals surface area contributed by atoms with E-state index < -0.39 is 21.2 Å². The van der Waals surface area contributed by atoms with E-state index in [2.05, 4.69) is 10.3 Å². The quantitative estimate of drug-likeness (QED) is 0.865. The molecule has 2 fully saturated rings. The van der Waals surface area contributed by atoms with Crippen LogP contribution in [0, 0.1) is 11.3 Å². The lowest BCUT2D eigenvalue weighted by molar-refractivity contribution is -0.143. The molecule has 2 N–H and O–H groups in total. The summed E-state index contributed by atoms with van der Waals surface area (Å²) in [6.07, 6.45) is 4.69. The summed E-state index contributed by atoms with van der Waals surface area (Å²) in [4.78, 5) is 15.5. The van der Waals surface area contributed by atoms with Crippen LogP contribution in [0.25, 0.3) is 0 Å². The summed E-state index contributed by atoms with van der Waals surface area (Å²) in [6.45, 7) is 0. The summed E-state index contributed by atoms with van der Waals surface area (Å²) in [5.41, 5.74) is -0.586. The number of nitrogens with zero attached hydrogens (tertiary/aromatic N) is 1. The number of aromatic nitrogens is 1. The number of carboxylic acid groups (broad SMARTS) is 1. The molecule has 0 spiro atoms. The number of hydrogen-bond donors (Lipinski definition) is 2. The Morgan fingerprint density at radius 3 is 2.85 bits per heavy atom. The molecule has 0 aromatic carbocycles. The van der Waals surface area contributed by atoms with Gasteiger partial charge in [-0.15, -0.1) is 0 Å². The van der Waals surface area contributed by atoms with E-state index in [0.717, 1.165) is 19.1 Å². The topological polar surface area (TPSA) is 96.4 Å². The molecule has 108 valence electrons. The maximum absolute atomic E-state index is 11.7. The lowest BCUT2D eigenvalue weighted by Crippen LogP contribution is -2.23. The summed E-state index contributed by atoms with van der Waals surface area (Å²) in [5.74, 6) is -0.208. The van der Waals surface area contributed by atoms with Crippen LogP contribution in [0.4, 0.5) is 5.82 Å². The van der Waals surface area contributed by atoms with E-state index in [0.29, 0.717) is 12.2 Å². The fraction of sp³-hybridized carbons (Fsp3) is 0.538. The highest BCUT2D eigenvalue weighted by Gasteiger charge is 2.65.